The van der Waals surface area contributed by atoms with E-state index < -0.39 is 5.41 Å². The van der Waals surface area contributed by atoms with Gasteiger partial charge in [0.05, 0.1) is 5.41 Å². The summed E-state index contributed by atoms with van der Waals surface area (Å²) in [5.74, 6) is 1.19. The first-order valence-electron chi connectivity index (χ1n) is 6.92. The van der Waals surface area contributed by atoms with Gasteiger partial charge in [0.2, 0.25) is 5.91 Å². The Bertz CT molecular complexity index is 389. The summed E-state index contributed by atoms with van der Waals surface area (Å²) >= 11 is 5.76. The zero-order valence-electron chi connectivity index (χ0n) is 12.1. The van der Waals surface area contributed by atoms with Gasteiger partial charge in [0, 0.05) is 12.4 Å². The molecule has 1 aromatic carbocycles. The van der Waals surface area contributed by atoms with Crippen molar-refractivity contribution in [3.05, 3.63) is 35.9 Å². The molecule has 0 saturated heterocycles. The van der Waals surface area contributed by atoms with E-state index in [0.29, 0.717) is 18.3 Å². The number of benzene rings is 1. The minimum atomic E-state index is -0.499. The highest BCUT2D eigenvalue weighted by atomic mass is 35.5. The average molecular weight is 282 g/mol. The Balaban J connectivity index is 2.62. The predicted octanol–water partition coefficient (Wildman–Crippen LogP) is 3.74. The maximum absolute atomic E-state index is 12.3. The molecule has 3 heteroatoms. The van der Waals surface area contributed by atoms with E-state index in [-0.39, 0.29) is 5.91 Å². The molecule has 0 aliphatic carbocycles. The van der Waals surface area contributed by atoms with Gasteiger partial charge in [-0.25, -0.2) is 0 Å². The van der Waals surface area contributed by atoms with Crippen LogP contribution >= 0.6 is 11.6 Å². The van der Waals surface area contributed by atoms with Gasteiger partial charge < -0.3 is 5.32 Å². The van der Waals surface area contributed by atoms with Crippen molar-refractivity contribution in [3.8, 4) is 0 Å². The Kier molecular flexibility index (Phi) is 6.36. The first kappa shape index (κ1) is 16.0. The fraction of sp³-hybridized carbons (Fsp3) is 0.562. The zero-order valence-corrected chi connectivity index (χ0v) is 12.8. The summed E-state index contributed by atoms with van der Waals surface area (Å²) in [6.45, 7) is 6.75. The van der Waals surface area contributed by atoms with Gasteiger partial charge in [-0.3, -0.25) is 4.79 Å². The Morgan fingerprint density at radius 3 is 2.47 bits per heavy atom. The molecular weight excluding hydrogens is 258 g/mol. The van der Waals surface area contributed by atoms with Crippen molar-refractivity contribution in [2.45, 2.75) is 39.0 Å². The monoisotopic (exact) mass is 281 g/mol. The van der Waals surface area contributed by atoms with Gasteiger partial charge in [-0.2, -0.15) is 0 Å². The summed E-state index contributed by atoms with van der Waals surface area (Å²) in [6, 6.07) is 9.88. The van der Waals surface area contributed by atoms with E-state index in [1.165, 1.54) is 0 Å². The molecule has 1 atom stereocenters. The highest BCUT2D eigenvalue weighted by Gasteiger charge is 2.29. The van der Waals surface area contributed by atoms with Gasteiger partial charge in [-0.15, -0.1) is 11.6 Å². The Morgan fingerprint density at radius 1 is 1.32 bits per heavy atom. The molecule has 1 rings (SSSR count). The second-order valence-corrected chi connectivity index (χ2v) is 5.83. The summed E-state index contributed by atoms with van der Waals surface area (Å²) in [5, 5.41) is 3.06. The number of nitrogens with one attached hydrogen (secondary N) is 1. The molecule has 1 N–H and O–H groups in total. The number of hydrogen-bond donors (Lipinski definition) is 1. The lowest BCUT2D eigenvalue weighted by atomic mass is 9.83. The standard InChI is InChI=1S/C16H24ClNO/c1-4-13(10-11-17)12-18-15(19)16(2,3)14-8-6-5-7-9-14/h5-9,13H,4,10-12H2,1-3H3,(H,18,19). The van der Waals surface area contributed by atoms with Crippen LogP contribution in [0.2, 0.25) is 0 Å². The van der Waals surface area contributed by atoms with E-state index >= 15 is 0 Å². The van der Waals surface area contributed by atoms with Crippen molar-refractivity contribution < 1.29 is 4.79 Å². The van der Waals surface area contributed by atoms with Crippen LogP contribution in [0.1, 0.15) is 39.2 Å². The first-order valence-corrected chi connectivity index (χ1v) is 7.45. The SMILES string of the molecule is CCC(CCCl)CNC(=O)C(C)(C)c1ccccc1. The van der Waals surface area contributed by atoms with Crippen LogP contribution in [0.25, 0.3) is 0 Å². The molecule has 1 amide bonds. The van der Waals surface area contributed by atoms with Crippen LogP contribution in [-0.4, -0.2) is 18.3 Å². The minimum absolute atomic E-state index is 0.0757. The number of hydrogen-bond acceptors (Lipinski definition) is 1. The van der Waals surface area contributed by atoms with E-state index in [2.05, 4.69) is 12.2 Å². The van der Waals surface area contributed by atoms with Crippen LogP contribution in [0.5, 0.6) is 0 Å². The van der Waals surface area contributed by atoms with Crippen molar-refractivity contribution in [2.75, 3.05) is 12.4 Å². The summed E-state index contributed by atoms with van der Waals surface area (Å²) in [5.41, 5.74) is 0.540. The van der Waals surface area contributed by atoms with Crippen molar-refractivity contribution in [1.29, 1.82) is 0 Å². The largest absolute Gasteiger partial charge is 0.355 e. The molecule has 2 nitrogen and oxygen atoms in total. The maximum atomic E-state index is 12.3. The van der Waals surface area contributed by atoms with E-state index in [1.54, 1.807) is 0 Å². The summed E-state index contributed by atoms with van der Waals surface area (Å²) in [4.78, 5) is 12.3. The minimum Gasteiger partial charge on any atom is -0.355 e. The molecule has 0 aliphatic rings. The maximum Gasteiger partial charge on any atom is 0.230 e. The lowest BCUT2D eigenvalue weighted by Gasteiger charge is -2.25. The van der Waals surface area contributed by atoms with E-state index in [4.69, 9.17) is 11.6 Å². The van der Waals surface area contributed by atoms with Crippen LogP contribution < -0.4 is 5.32 Å². The quantitative estimate of drug-likeness (QED) is 0.758. The van der Waals surface area contributed by atoms with Crippen LogP contribution in [0.4, 0.5) is 0 Å². The third-order valence-corrected chi connectivity index (χ3v) is 3.93. The highest BCUT2D eigenvalue weighted by Crippen LogP contribution is 2.23. The topological polar surface area (TPSA) is 29.1 Å². The molecule has 19 heavy (non-hydrogen) atoms. The summed E-state index contributed by atoms with van der Waals surface area (Å²) < 4.78 is 0. The molecule has 0 radical (unpaired) electrons. The second-order valence-electron chi connectivity index (χ2n) is 5.45. The van der Waals surface area contributed by atoms with Crippen molar-refractivity contribution in [1.82, 2.24) is 5.32 Å². The van der Waals surface area contributed by atoms with Crippen molar-refractivity contribution in [2.24, 2.45) is 5.92 Å². The zero-order chi connectivity index (χ0) is 14.3. The smallest absolute Gasteiger partial charge is 0.230 e. The summed E-state index contributed by atoms with van der Waals surface area (Å²) in [7, 11) is 0. The Labute approximate surface area is 121 Å². The third kappa shape index (κ3) is 4.54. The molecule has 0 saturated carbocycles. The van der Waals surface area contributed by atoms with Gasteiger partial charge in [0.15, 0.2) is 0 Å². The average Bonchev–Trinajstić information content (AvgIpc) is 2.43. The molecule has 0 spiro atoms. The Hall–Kier alpha value is -1.02. The van der Waals surface area contributed by atoms with Gasteiger partial charge in [0.1, 0.15) is 0 Å². The second kappa shape index (κ2) is 7.54. The molecule has 1 unspecified atom stereocenters. The normalized spacial score (nSPS) is 13.1. The van der Waals surface area contributed by atoms with E-state index in [9.17, 15) is 4.79 Å². The predicted molar refractivity (Wildman–Crippen MR) is 81.6 cm³/mol. The van der Waals surface area contributed by atoms with Crippen molar-refractivity contribution >= 4 is 17.5 Å². The van der Waals surface area contributed by atoms with Gasteiger partial charge in [-0.1, -0.05) is 43.7 Å². The van der Waals surface area contributed by atoms with Gasteiger partial charge >= 0.3 is 0 Å². The molecule has 0 fully saturated rings. The number of amides is 1. The van der Waals surface area contributed by atoms with Crippen LogP contribution in [-0.2, 0) is 10.2 Å². The molecule has 0 bridgehead atoms. The van der Waals surface area contributed by atoms with Crippen molar-refractivity contribution in [3.63, 3.8) is 0 Å². The molecule has 106 valence electrons. The molecule has 1 aromatic rings. The number of halogens is 1. The lowest BCUT2D eigenvalue weighted by Crippen LogP contribution is -2.42. The van der Waals surface area contributed by atoms with Crippen LogP contribution in [0, 0.1) is 5.92 Å². The van der Waals surface area contributed by atoms with E-state index in [1.807, 2.05) is 44.2 Å². The molecular formula is C16H24ClNO. The fourth-order valence-corrected chi connectivity index (χ4v) is 2.36. The van der Waals surface area contributed by atoms with Gasteiger partial charge in [-0.05, 0) is 31.7 Å². The number of alkyl halides is 1. The third-order valence-electron chi connectivity index (χ3n) is 3.71. The fourth-order valence-electron chi connectivity index (χ4n) is 2.05. The lowest BCUT2D eigenvalue weighted by molar-refractivity contribution is -0.125. The van der Waals surface area contributed by atoms with Crippen LogP contribution in [0.3, 0.4) is 0 Å². The van der Waals surface area contributed by atoms with E-state index in [0.717, 1.165) is 18.4 Å². The number of carbonyl (C=O) groups is 1. The number of carbonyl (C=O) groups excluding carboxylic acids is 1. The number of rotatable bonds is 7. The van der Waals surface area contributed by atoms with Crippen LogP contribution in [0.15, 0.2) is 30.3 Å². The first-order chi connectivity index (χ1) is 9.02. The molecule has 0 aliphatic heterocycles. The summed E-state index contributed by atoms with van der Waals surface area (Å²) in [6.07, 6.45) is 1.99. The molecule has 0 aromatic heterocycles. The van der Waals surface area contributed by atoms with Gasteiger partial charge in [0.25, 0.3) is 0 Å². The molecule has 0 heterocycles. The Morgan fingerprint density at radius 2 is 1.95 bits per heavy atom. The highest BCUT2D eigenvalue weighted by molar-refractivity contribution is 6.17.